The number of rotatable bonds is 5. The van der Waals surface area contributed by atoms with Crippen molar-refractivity contribution in [1.29, 1.82) is 0 Å². The highest BCUT2D eigenvalue weighted by molar-refractivity contribution is 7.89. The van der Waals surface area contributed by atoms with Crippen molar-refractivity contribution in [3.8, 4) is 0 Å². The molecule has 0 saturated carbocycles. The van der Waals surface area contributed by atoms with Crippen LogP contribution in [0.4, 0.5) is 0 Å². The monoisotopic (exact) mass is 379 g/mol. The van der Waals surface area contributed by atoms with E-state index in [1.165, 1.54) is 4.31 Å². The summed E-state index contributed by atoms with van der Waals surface area (Å²) in [5.74, 6) is 1.66. The van der Waals surface area contributed by atoms with E-state index in [-0.39, 0.29) is 11.1 Å². The van der Waals surface area contributed by atoms with Gasteiger partial charge >= 0.3 is 0 Å². The number of hydrogen-bond donors (Lipinski definition) is 1. The molecule has 0 aromatic carbocycles. The van der Waals surface area contributed by atoms with Gasteiger partial charge in [0.2, 0.25) is 5.09 Å². The van der Waals surface area contributed by atoms with Gasteiger partial charge in [-0.15, -0.1) is 0 Å². The predicted octanol–water partition coefficient (Wildman–Crippen LogP) is 0.944. The molecule has 4 rings (SSSR count). The van der Waals surface area contributed by atoms with E-state index in [1.54, 1.807) is 18.3 Å². The molecular formula is C17H25N5O3S. The average molecular weight is 379 g/mol. The first-order valence-corrected chi connectivity index (χ1v) is 10.5. The van der Waals surface area contributed by atoms with E-state index in [0.717, 1.165) is 38.3 Å². The van der Waals surface area contributed by atoms with Crippen LogP contribution in [0.1, 0.15) is 30.5 Å². The number of nitrogens with zero attached hydrogens (tertiary/aromatic N) is 4. The predicted molar refractivity (Wildman–Crippen MR) is 95.9 cm³/mol. The molecule has 2 saturated heterocycles. The molecule has 0 amide bonds. The van der Waals surface area contributed by atoms with E-state index in [1.807, 2.05) is 17.8 Å². The van der Waals surface area contributed by atoms with Gasteiger partial charge in [-0.2, -0.15) is 4.31 Å². The second-order valence-electron chi connectivity index (χ2n) is 6.92. The van der Waals surface area contributed by atoms with Crippen molar-refractivity contribution in [2.45, 2.75) is 30.5 Å². The number of nitrogens with one attached hydrogen (secondary N) is 1. The zero-order valence-corrected chi connectivity index (χ0v) is 15.8. The summed E-state index contributed by atoms with van der Waals surface area (Å²) in [4.78, 5) is 6.76. The minimum Gasteiger partial charge on any atom is -0.447 e. The highest BCUT2D eigenvalue weighted by Gasteiger charge is 2.31. The molecule has 9 heteroatoms. The van der Waals surface area contributed by atoms with Gasteiger partial charge in [-0.1, -0.05) is 0 Å². The lowest BCUT2D eigenvalue weighted by Gasteiger charge is -2.35. The van der Waals surface area contributed by atoms with Crippen LogP contribution in [0.25, 0.3) is 0 Å². The van der Waals surface area contributed by atoms with Crippen LogP contribution in [0.2, 0.25) is 0 Å². The van der Waals surface area contributed by atoms with E-state index in [9.17, 15) is 8.42 Å². The largest absolute Gasteiger partial charge is 0.447 e. The van der Waals surface area contributed by atoms with Crippen molar-refractivity contribution in [2.75, 3.05) is 32.7 Å². The van der Waals surface area contributed by atoms with Gasteiger partial charge in [-0.05, 0) is 25.0 Å². The Morgan fingerprint density at radius 2 is 2.08 bits per heavy atom. The average Bonchev–Trinajstić information content (AvgIpc) is 3.37. The molecule has 2 aromatic heterocycles. The number of furan rings is 1. The van der Waals surface area contributed by atoms with Gasteiger partial charge in [0.15, 0.2) is 0 Å². The van der Waals surface area contributed by atoms with Crippen LogP contribution in [0, 0.1) is 0 Å². The summed E-state index contributed by atoms with van der Waals surface area (Å²) in [6.07, 6.45) is 5.57. The second-order valence-corrected chi connectivity index (χ2v) is 8.79. The summed E-state index contributed by atoms with van der Waals surface area (Å²) in [7, 11) is -1.51. The van der Waals surface area contributed by atoms with E-state index in [4.69, 9.17) is 4.42 Å². The molecule has 0 spiro atoms. The van der Waals surface area contributed by atoms with Crippen LogP contribution < -0.4 is 5.32 Å². The topological polar surface area (TPSA) is 83.6 Å². The van der Waals surface area contributed by atoms with Crippen molar-refractivity contribution >= 4 is 10.0 Å². The van der Waals surface area contributed by atoms with Crippen LogP contribution in [-0.4, -0.2) is 59.9 Å². The maximum atomic E-state index is 12.6. The molecule has 2 aromatic rings. The zero-order valence-electron chi connectivity index (χ0n) is 15.0. The smallest absolute Gasteiger partial charge is 0.276 e. The number of sulfonamides is 1. The Morgan fingerprint density at radius 1 is 1.27 bits per heavy atom. The Labute approximate surface area is 153 Å². The molecule has 2 aliphatic heterocycles. The summed E-state index contributed by atoms with van der Waals surface area (Å²) in [5, 5.41) is 3.46. The van der Waals surface area contributed by atoms with Gasteiger partial charge in [0.1, 0.15) is 11.6 Å². The lowest BCUT2D eigenvalue weighted by molar-refractivity contribution is 0.132. The molecule has 142 valence electrons. The number of piperazine rings is 1. The highest BCUT2D eigenvalue weighted by Crippen LogP contribution is 2.26. The van der Waals surface area contributed by atoms with Gasteiger partial charge in [-0.3, -0.25) is 4.90 Å². The SMILES string of the molecule is Cn1ccnc1C1CNCCN1Cc1ccc(S(=O)(=O)N2CCCC2)o1. The molecule has 1 unspecified atom stereocenters. The van der Waals surface area contributed by atoms with Gasteiger partial charge < -0.3 is 14.3 Å². The standard InChI is InChI=1S/C17H25N5O3S/c1-20-10-7-19-17(20)15-12-18-6-11-21(15)13-14-4-5-16(25-14)26(23,24)22-8-2-3-9-22/h4-5,7,10,15,18H,2-3,6,8-9,11-13H2,1H3. The van der Waals surface area contributed by atoms with Crippen molar-refractivity contribution in [3.63, 3.8) is 0 Å². The summed E-state index contributed by atoms with van der Waals surface area (Å²) >= 11 is 0. The molecule has 4 heterocycles. The Kier molecular flexibility index (Phi) is 4.87. The van der Waals surface area contributed by atoms with E-state index in [0.29, 0.717) is 25.4 Å². The van der Waals surface area contributed by atoms with Crippen molar-refractivity contribution < 1.29 is 12.8 Å². The summed E-state index contributed by atoms with van der Waals surface area (Å²) in [5.41, 5.74) is 0. The summed E-state index contributed by atoms with van der Waals surface area (Å²) in [6.45, 7) is 4.28. The molecule has 1 atom stereocenters. The molecule has 2 aliphatic rings. The Hall–Kier alpha value is -1.68. The number of imidazole rings is 1. The third-order valence-electron chi connectivity index (χ3n) is 5.17. The second kappa shape index (κ2) is 7.15. The first kappa shape index (κ1) is 17.7. The Balaban J connectivity index is 1.52. The van der Waals surface area contributed by atoms with Crippen molar-refractivity contribution in [3.05, 3.63) is 36.1 Å². The lowest BCUT2D eigenvalue weighted by atomic mass is 10.1. The van der Waals surface area contributed by atoms with Crippen LogP contribution in [-0.2, 0) is 23.6 Å². The Bertz CT molecular complexity index is 853. The van der Waals surface area contributed by atoms with Crippen LogP contribution in [0.15, 0.2) is 34.0 Å². The normalized spacial score (nSPS) is 22.9. The third kappa shape index (κ3) is 3.32. The molecule has 2 fully saturated rings. The first-order valence-electron chi connectivity index (χ1n) is 9.06. The van der Waals surface area contributed by atoms with Crippen LogP contribution in [0.3, 0.4) is 0 Å². The molecule has 0 aliphatic carbocycles. The fourth-order valence-corrected chi connectivity index (χ4v) is 5.17. The number of hydrogen-bond acceptors (Lipinski definition) is 6. The zero-order chi connectivity index (χ0) is 18.1. The first-order chi connectivity index (χ1) is 12.6. The van der Waals surface area contributed by atoms with Crippen molar-refractivity contribution in [2.24, 2.45) is 7.05 Å². The van der Waals surface area contributed by atoms with E-state index in [2.05, 4.69) is 15.2 Å². The molecule has 0 bridgehead atoms. The Morgan fingerprint density at radius 3 is 2.81 bits per heavy atom. The van der Waals surface area contributed by atoms with Crippen molar-refractivity contribution in [1.82, 2.24) is 24.1 Å². The fraction of sp³-hybridized carbons (Fsp3) is 0.588. The summed E-state index contributed by atoms with van der Waals surface area (Å²) in [6, 6.07) is 3.49. The van der Waals surface area contributed by atoms with Crippen LogP contribution in [0.5, 0.6) is 0 Å². The molecule has 8 nitrogen and oxygen atoms in total. The van der Waals surface area contributed by atoms with Gasteiger partial charge in [0.25, 0.3) is 10.0 Å². The van der Waals surface area contributed by atoms with Gasteiger partial charge in [0, 0.05) is 52.2 Å². The summed E-state index contributed by atoms with van der Waals surface area (Å²) < 4.78 is 34.5. The quantitative estimate of drug-likeness (QED) is 0.833. The lowest BCUT2D eigenvalue weighted by Crippen LogP contribution is -2.46. The minimum absolute atomic E-state index is 0.0538. The number of aryl methyl sites for hydroxylation is 1. The maximum absolute atomic E-state index is 12.6. The number of aromatic nitrogens is 2. The molecular weight excluding hydrogens is 354 g/mol. The van der Waals surface area contributed by atoms with Gasteiger partial charge in [0.05, 0.1) is 12.6 Å². The fourth-order valence-electron chi connectivity index (χ4n) is 3.73. The molecule has 26 heavy (non-hydrogen) atoms. The third-order valence-corrected chi connectivity index (χ3v) is 6.94. The molecule has 1 N–H and O–H groups in total. The van der Waals surface area contributed by atoms with E-state index >= 15 is 0 Å². The van der Waals surface area contributed by atoms with Gasteiger partial charge in [-0.25, -0.2) is 13.4 Å². The maximum Gasteiger partial charge on any atom is 0.276 e. The van der Waals surface area contributed by atoms with E-state index < -0.39 is 10.0 Å². The molecule has 0 radical (unpaired) electrons. The minimum atomic E-state index is -3.50. The highest BCUT2D eigenvalue weighted by atomic mass is 32.2. The van der Waals surface area contributed by atoms with Crippen LogP contribution >= 0.6 is 0 Å².